The third-order valence-corrected chi connectivity index (χ3v) is 6.25. The number of amides is 1. The van der Waals surface area contributed by atoms with Crippen molar-refractivity contribution in [2.45, 2.75) is 43.7 Å². The van der Waals surface area contributed by atoms with E-state index < -0.39 is 5.60 Å². The molecule has 4 fully saturated rings. The minimum Gasteiger partial charge on any atom is -0.458 e. The fourth-order valence-electron chi connectivity index (χ4n) is 5.60. The van der Waals surface area contributed by atoms with E-state index >= 15 is 0 Å². The van der Waals surface area contributed by atoms with E-state index in [-0.39, 0.29) is 11.9 Å². The number of nitrogens with one attached hydrogen (secondary N) is 1. The van der Waals surface area contributed by atoms with Gasteiger partial charge in [-0.15, -0.1) is 0 Å². The molecule has 0 radical (unpaired) electrons. The molecule has 2 N–H and O–H groups in total. The zero-order valence-electron chi connectivity index (χ0n) is 13.0. The van der Waals surface area contributed by atoms with Gasteiger partial charge in [-0.3, -0.25) is 4.79 Å². The number of hydrogen-bond acceptors (Lipinski definition) is 3. The minimum absolute atomic E-state index is 0.115. The number of carbonyl (C=O) groups is 1. The van der Waals surface area contributed by atoms with Gasteiger partial charge in [0.1, 0.15) is 0 Å². The first-order chi connectivity index (χ1) is 11.1. The first-order valence-electron chi connectivity index (χ1n) is 8.61. The van der Waals surface area contributed by atoms with Gasteiger partial charge < -0.3 is 14.8 Å². The number of rotatable bonds is 2. The summed E-state index contributed by atoms with van der Waals surface area (Å²) >= 11 is 0. The molecule has 1 aromatic carbocycles. The van der Waals surface area contributed by atoms with Crippen molar-refractivity contribution >= 4 is 16.7 Å². The average molecular weight is 311 g/mol. The van der Waals surface area contributed by atoms with Crippen LogP contribution in [0.25, 0.3) is 10.8 Å². The van der Waals surface area contributed by atoms with Gasteiger partial charge in [0.15, 0.2) is 5.76 Å². The van der Waals surface area contributed by atoms with Crippen molar-refractivity contribution in [2.24, 2.45) is 17.8 Å². The molecular formula is C19H21NO3. The summed E-state index contributed by atoms with van der Waals surface area (Å²) in [6.45, 7) is 0. The fraction of sp³-hybridized carbons (Fsp3) is 0.526. The Balaban J connectivity index is 1.41. The monoisotopic (exact) mass is 311 g/mol. The molecule has 6 rings (SSSR count). The second-order valence-corrected chi connectivity index (χ2v) is 7.85. The molecule has 4 nitrogen and oxygen atoms in total. The molecule has 2 aromatic rings. The maximum atomic E-state index is 12.7. The summed E-state index contributed by atoms with van der Waals surface area (Å²) in [5.74, 6) is 1.77. The van der Waals surface area contributed by atoms with Gasteiger partial charge in [-0.2, -0.15) is 0 Å². The van der Waals surface area contributed by atoms with Crippen molar-refractivity contribution in [1.29, 1.82) is 0 Å². The third kappa shape index (κ3) is 2.04. The lowest BCUT2D eigenvalue weighted by atomic mass is 9.52. The third-order valence-electron chi connectivity index (χ3n) is 6.25. The lowest BCUT2D eigenvalue weighted by molar-refractivity contribution is -0.137. The summed E-state index contributed by atoms with van der Waals surface area (Å²) in [7, 11) is 0. The standard InChI is InChI=1S/C19H21NO3/c21-18(17-15-4-2-1-3-12(15)10-23-17)20-16-13-5-11-6-14(16)9-19(22,7-11)8-13/h1-4,10-11,13-14,16,22H,5-9H2,(H,20,21)/t11?,13-,14+,16?,19?. The lowest BCUT2D eigenvalue weighted by Gasteiger charge is -2.58. The van der Waals surface area contributed by atoms with Crippen molar-refractivity contribution < 1.29 is 14.3 Å². The summed E-state index contributed by atoms with van der Waals surface area (Å²) in [4.78, 5) is 12.7. The molecular weight excluding hydrogens is 290 g/mol. The molecule has 1 amide bonds. The second-order valence-electron chi connectivity index (χ2n) is 7.85. The smallest absolute Gasteiger partial charge is 0.287 e. The zero-order valence-corrected chi connectivity index (χ0v) is 13.0. The van der Waals surface area contributed by atoms with E-state index in [1.165, 1.54) is 0 Å². The molecule has 0 saturated heterocycles. The van der Waals surface area contributed by atoms with E-state index in [1.807, 2.05) is 24.3 Å². The largest absolute Gasteiger partial charge is 0.458 e. The molecule has 4 aliphatic carbocycles. The van der Waals surface area contributed by atoms with Gasteiger partial charge in [0.25, 0.3) is 5.91 Å². The summed E-state index contributed by atoms with van der Waals surface area (Å²) in [5, 5.41) is 15.7. The van der Waals surface area contributed by atoms with Crippen LogP contribution in [-0.4, -0.2) is 22.7 Å². The van der Waals surface area contributed by atoms with Crippen LogP contribution >= 0.6 is 0 Å². The number of benzene rings is 1. The number of fused-ring (bicyclic) bond motifs is 1. The van der Waals surface area contributed by atoms with Crippen LogP contribution in [0, 0.1) is 17.8 Å². The Morgan fingerprint density at radius 1 is 1.17 bits per heavy atom. The van der Waals surface area contributed by atoms with E-state index in [1.54, 1.807) is 6.26 Å². The predicted octanol–water partition coefficient (Wildman–Crippen LogP) is 3.10. The van der Waals surface area contributed by atoms with Crippen molar-refractivity contribution in [3.05, 3.63) is 36.3 Å². The zero-order chi connectivity index (χ0) is 15.6. The average Bonchev–Trinajstić information content (AvgIpc) is 2.93. The van der Waals surface area contributed by atoms with Crippen LogP contribution in [0.4, 0.5) is 0 Å². The van der Waals surface area contributed by atoms with Gasteiger partial charge in [-0.1, -0.05) is 24.3 Å². The molecule has 4 heteroatoms. The van der Waals surface area contributed by atoms with Gasteiger partial charge in [-0.05, 0) is 49.9 Å². The quantitative estimate of drug-likeness (QED) is 0.896. The molecule has 0 aliphatic heterocycles. The van der Waals surface area contributed by atoms with Gasteiger partial charge in [0, 0.05) is 16.8 Å². The van der Waals surface area contributed by atoms with Crippen LogP contribution in [-0.2, 0) is 0 Å². The Labute approximate surface area is 134 Å². The van der Waals surface area contributed by atoms with Crippen LogP contribution in [0.1, 0.15) is 42.7 Å². The Morgan fingerprint density at radius 3 is 2.65 bits per heavy atom. The topological polar surface area (TPSA) is 62.5 Å². The highest BCUT2D eigenvalue weighted by molar-refractivity contribution is 6.04. The molecule has 4 bridgehead atoms. The van der Waals surface area contributed by atoms with Gasteiger partial charge >= 0.3 is 0 Å². The summed E-state index contributed by atoms with van der Waals surface area (Å²) in [6, 6.07) is 7.93. The van der Waals surface area contributed by atoms with Crippen molar-refractivity contribution in [3.8, 4) is 0 Å². The Bertz CT molecular complexity index is 764. The van der Waals surface area contributed by atoms with Crippen LogP contribution in [0.2, 0.25) is 0 Å². The van der Waals surface area contributed by atoms with E-state index in [0.29, 0.717) is 23.5 Å². The van der Waals surface area contributed by atoms with Crippen molar-refractivity contribution in [3.63, 3.8) is 0 Å². The van der Waals surface area contributed by atoms with Gasteiger partial charge in [0.2, 0.25) is 0 Å². The first kappa shape index (κ1) is 13.6. The van der Waals surface area contributed by atoms with E-state index in [2.05, 4.69) is 5.32 Å². The van der Waals surface area contributed by atoms with Crippen LogP contribution in [0.3, 0.4) is 0 Å². The summed E-state index contributed by atoms with van der Waals surface area (Å²) < 4.78 is 5.53. The van der Waals surface area contributed by atoms with Gasteiger partial charge in [0.05, 0.1) is 11.9 Å². The highest BCUT2D eigenvalue weighted by atomic mass is 16.3. The Hall–Kier alpha value is -1.81. The number of hydrogen-bond donors (Lipinski definition) is 2. The van der Waals surface area contributed by atoms with E-state index in [0.717, 1.165) is 42.9 Å². The Kier molecular flexibility index (Phi) is 2.72. The van der Waals surface area contributed by atoms with Crippen molar-refractivity contribution in [2.75, 3.05) is 0 Å². The highest BCUT2D eigenvalue weighted by Gasteiger charge is 2.55. The van der Waals surface area contributed by atoms with Gasteiger partial charge in [-0.25, -0.2) is 0 Å². The predicted molar refractivity (Wildman–Crippen MR) is 86.0 cm³/mol. The number of carbonyl (C=O) groups excluding carboxylic acids is 1. The molecule has 1 aromatic heterocycles. The maximum Gasteiger partial charge on any atom is 0.287 e. The van der Waals surface area contributed by atoms with Crippen LogP contribution in [0.5, 0.6) is 0 Å². The van der Waals surface area contributed by atoms with Crippen LogP contribution < -0.4 is 5.32 Å². The van der Waals surface area contributed by atoms with E-state index in [9.17, 15) is 9.90 Å². The number of aliphatic hydroxyl groups is 1. The fourth-order valence-corrected chi connectivity index (χ4v) is 5.60. The molecule has 23 heavy (non-hydrogen) atoms. The first-order valence-corrected chi connectivity index (χ1v) is 8.61. The molecule has 4 saturated carbocycles. The summed E-state index contributed by atoms with van der Waals surface area (Å²) in [5.41, 5.74) is -0.463. The molecule has 0 spiro atoms. The molecule has 1 heterocycles. The summed E-state index contributed by atoms with van der Waals surface area (Å²) in [6.07, 6.45) is 6.56. The normalized spacial score (nSPS) is 38.1. The molecule has 120 valence electrons. The second kappa shape index (κ2) is 4.60. The number of furan rings is 1. The van der Waals surface area contributed by atoms with Crippen LogP contribution in [0.15, 0.2) is 34.9 Å². The lowest BCUT2D eigenvalue weighted by Crippen LogP contribution is -2.61. The van der Waals surface area contributed by atoms with Crippen molar-refractivity contribution in [1.82, 2.24) is 5.32 Å². The highest BCUT2D eigenvalue weighted by Crippen LogP contribution is 2.55. The van der Waals surface area contributed by atoms with E-state index in [4.69, 9.17) is 4.42 Å². The molecule has 3 unspecified atom stereocenters. The minimum atomic E-state index is -0.463. The SMILES string of the molecule is O=C(NC1[C@@H]2CC3C[C@H]1CC(O)(C3)C2)c1occ2ccccc12. The molecule has 4 aliphatic rings. The molecule has 5 atom stereocenters. The maximum absolute atomic E-state index is 12.7. The Morgan fingerprint density at radius 2 is 1.91 bits per heavy atom.